The van der Waals surface area contributed by atoms with E-state index in [0.29, 0.717) is 0 Å². The van der Waals surface area contributed by atoms with Gasteiger partial charge in [0, 0.05) is 6.04 Å². The molecule has 0 amide bonds. The zero-order chi connectivity index (χ0) is 25.8. The van der Waals surface area contributed by atoms with Crippen LogP contribution in [-0.4, -0.2) is 33.4 Å². The van der Waals surface area contributed by atoms with Crippen molar-refractivity contribution in [1.82, 2.24) is 5.32 Å². The topological polar surface area (TPSA) is 21.3 Å². The normalized spacial score (nSPS) is 14.9. The maximum absolute atomic E-state index is 15.3. The van der Waals surface area contributed by atoms with Gasteiger partial charge in [0.25, 0.3) is 14.2 Å². The van der Waals surface area contributed by atoms with Crippen LogP contribution in [0, 0.1) is 0 Å². The van der Waals surface area contributed by atoms with Crippen molar-refractivity contribution in [3.63, 3.8) is 0 Å². The summed E-state index contributed by atoms with van der Waals surface area (Å²) in [5.74, 6) is -3.00. The Hall–Kier alpha value is -2.60. The molecule has 3 aromatic carbocycles. The summed E-state index contributed by atoms with van der Waals surface area (Å²) in [4.78, 5) is 0. The highest BCUT2D eigenvalue weighted by molar-refractivity contribution is 6.99. The van der Waals surface area contributed by atoms with Gasteiger partial charge in [-0.05, 0) is 51.9 Å². The maximum Gasteiger partial charge on any atom is 0.281 e. The Bertz CT molecular complexity index is 1130. The van der Waals surface area contributed by atoms with Gasteiger partial charge >= 0.3 is 0 Å². The Morgan fingerprint density at radius 2 is 1.42 bits per heavy atom. The van der Waals surface area contributed by atoms with E-state index in [-0.39, 0.29) is 11.1 Å². The molecule has 0 radical (unpaired) electrons. The number of halogens is 2. The average Bonchev–Trinajstić information content (AvgIpc) is 3.26. The number of alkyl halides is 2. The molecule has 0 saturated carbocycles. The van der Waals surface area contributed by atoms with Crippen LogP contribution in [0.3, 0.4) is 0 Å². The minimum Gasteiger partial charge on any atom is -0.401 e. The Morgan fingerprint density at radius 3 is 2.00 bits per heavy atom. The Morgan fingerprint density at radius 1 is 0.861 bits per heavy atom. The highest BCUT2D eigenvalue weighted by atomic mass is 28.4. The van der Waals surface area contributed by atoms with Gasteiger partial charge in [0.05, 0.1) is 13.2 Å². The largest absolute Gasteiger partial charge is 0.401 e. The van der Waals surface area contributed by atoms with Gasteiger partial charge in [-0.1, -0.05) is 112 Å². The van der Waals surface area contributed by atoms with E-state index < -0.39 is 27.4 Å². The fourth-order valence-corrected chi connectivity index (χ4v) is 9.88. The fraction of sp³-hybridized carbons (Fsp3) is 0.355. The second kappa shape index (κ2) is 10.8. The van der Waals surface area contributed by atoms with E-state index in [0.717, 1.165) is 23.2 Å². The number of hydrogen-bond donors (Lipinski definition) is 1. The first-order valence-electron chi connectivity index (χ1n) is 12.8. The van der Waals surface area contributed by atoms with Crippen LogP contribution in [0.4, 0.5) is 8.78 Å². The Kier molecular flexibility index (Phi) is 7.93. The number of hydrogen-bond acceptors (Lipinski definition) is 2. The van der Waals surface area contributed by atoms with Gasteiger partial charge < -0.3 is 9.74 Å². The zero-order valence-electron chi connectivity index (χ0n) is 21.7. The van der Waals surface area contributed by atoms with E-state index in [4.69, 9.17) is 4.43 Å². The van der Waals surface area contributed by atoms with Crippen LogP contribution >= 0.6 is 0 Å². The zero-order valence-corrected chi connectivity index (χ0v) is 22.7. The number of fused-ring (bicyclic) bond motifs is 1. The lowest BCUT2D eigenvalue weighted by atomic mass is 10.0. The first kappa shape index (κ1) is 26.5. The average molecular weight is 506 g/mol. The molecule has 1 aliphatic carbocycles. The van der Waals surface area contributed by atoms with Crippen LogP contribution < -0.4 is 15.7 Å². The summed E-state index contributed by atoms with van der Waals surface area (Å²) < 4.78 is 37.1. The standard InChI is InChI=1S/C31H37F2NOSi/c1-24(21-26-20-19-25-13-11-12-18-29(25)26)34-22-31(32,33)23-35-36(30(2,3)4,27-14-7-5-8-15-27)28-16-9-6-10-17-28/h5-18,20,24,34H,19,21-23H2,1-4H3/t24-/m1/s1. The second-order valence-corrected chi connectivity index (χ2v) is 15.2. The van der Waals surface area contributed by atoms with Crippen LogP contribution in [0.1, 0.15) is 45.2 Å². The van der Waals surface area contributed by atoms with Gasteiger partial charge in [0.15, 0.2) is 0 Å². The first-order chi connectivity index (χ1) is 17.1. The quantitative estimate of drug-likeness (QED) is 0.331. The first-order valence-corrected chi connectivity index (χ1v) is 14.7. The van der Waals surface area contributed by atoms with Gasteiger partial charge in [-0.25, -0.2) is 8.78 Å². The second-order valence-electron chi connectivity index (χ2n) is 10.9. The third kappa shape index (κ3) is 5.69. The molecule has 0 unspecified atom stereocenters. The molecule has 3 aromatic rings. The third-order valence-electron chi connectivity index (χ3n) is 7.08. The van der Waals surface area contributed by atoms with Crippen LogP contribution in [-0.2, 0) is 10.8 Å². The molecule has 36 heavy (non-hydrogen) atoms. The predicted octanol–water partition coefficient (Wildman–Crippen LogP) is 6.21. The lowest BCUT2D eigenvalue weighted by Gasteiger charge is -2.43. The SMILES string of the molecule is C[C@H](CC1=CCc2ccccc21)NCC(F)(F)CO[Si](c1ccccc1)(c1ccccc1)C(C)(C)C. The van der Waals surface area contributed by atoms with E-state index in [1.807, 2.05) is 79.7 Å². The number of allylic oxidation sites excluding steroid dienone is 1. The van der Waals surface area contributed by atoms with Gasteiger partial charge in [0.1, 0.15) is 0 Å². The summed E-state index contributed by atoms with van der Waals surface area (Å²) in [6.45, 7) is 7.24. The van der Waals surface area contributed by atoms with Crippen LogP contribution in [0.5, 0.6) is 0 Å². The molecule has 5 heteroatoms. The van der Waals surface area contributed by atoms with Crippen molar-refractivity contribution in [2.75, 3.05) is 13.2 Å². The van der Waals surface area contributed by atoms with E-state index >= 15 is 8.78 Å². The van der Waals surface area contributed by atoms with Crippen molar-refractivity contribution in [1.29, 1.82) is 0 Å². The molecule has 0 spiro atoms. The minimum atomic E-state index is -3.00. The highest BCUT2D eigenvalue weighted by Gasteiger charge is 2.51. The van der Waals surface area contributed by atoms with Gasteiger partial charge in [0.2, 0.25) is 0 Å². The summed E-state index contributed by atoms with van der Waals surface area (Å²) in [6, 6.07) is 28.1. The van der Waals surface area contributed by atoms with Crippen molar-refractivity contribution in [2.45, 2.75) is 57.5 Å². The number of nitrogens with one attached hydrogen (secondary N) is 1. The monoisotopic (exact) mass is 505 g/mol. The molecule has 0 fully saturated rings. The van der Waals surface area contributed by atoms with Gasteiger partial charge in [-0.2, -0.15) is 0 Å². The van der Waals surface area contributed by atoms with Crippen molar-refractivity contribution in [2.24, 2.45) is 0 Å². The molecular weight excluding hydrogens is 468 g/mol. The summed E-state index contributed by atoms with van der Waals surface area (Å²) in [6.07, 6.45) is 3.86. The van der Waals surface area contributed by atoms with Gasteiger partial charge in [-0.15, -0.1) is 0 Å². The molecule has 0 heterocycles. The number of rotatable bonds is 10. The molecule has 2 nitrogen and oxygen atoms in total. The van der Waals surface area contributed by atoms with Gasteiger partial charge in [-0.3, -0.25) is 0 Å². The lowest BCUT2D eigenvalue weighted by molar-refractivity contribution is -0.0433. The summed E-state index contributed by atoms with van der Waals surface area (Å²) in [5.41, 5.74) is 3.79. The van der Waals surface area contributed by atoms with E-state index in [2.05, 4.69) is 44.3 Å². The molecule has 1 N–H and O–H groups in total. The fourth-order valence-electron chi connectivity index (χ4n) is 5.30. The van der Waals surface area contributed by atoms with Crippen LogP contribution in [0.2, 0.25) is 5.04 Å². The Labute approximate surface area is 215 Å². The number of benzene rings is 3. The van der Waals surface area contributed by atoms with E-state index in [9.17, 15) is 0 Å². The van der Waals surface area contributed by atoms with E-state index in [1.54, 1.807) is 0 Å². The molecule has 4 rings (SSSR count). The Balaban J connectivity index is 1.47. The van der Waals surface area contributed by atoms with Crippen LogP contribution in [0.25, 0.3) is 5.57 Å². The smallest absolute Gasteiger partial charge is 0.281 e. The molecule has 0 aliphatic heterocycles. The molecule has 0 aromatic heterocycles. The molecule has 190 valence electrons. The summed E-state index contributed by atoms with van der Waals surface area (Å²) in [7, 11) is -3.00. The molecule has 0 saturated heterocycles. The van der Waals surface area contributed by atoms with E-state index in [1.165, 1.54) is 16.7 Å². The molecular formula is C31H37F2NOSi. The third-order valence-corrected chi connectivity index (χ3v) is 12.1. The summed E-state index contributed by atoms with van der Waals surface area (Å²) in [5, 5.41) is 4.76. The maximum atomic E-state index is 15.3. The van der Waals surface area contributed by atoms with Crippen molar-refractivity contribution in [3.8, 4) is 0 Å². The predicted molar refractivity (Wildman–Crippen MR) is 149 cm³/mol. The lowest BCUT2D eigenvalue weighted by Crippen LogP contribution is -2.67. The molecule has 1 aliphatic rings. The van der Waals surface area contributed by atoms with Crippen molar-refractivity contribution >= 4 is 24.3 Å². The summed E-state index contributed by atoms with van der Waals surface area (Å²) >= 11 is 0. The van der Waals surface area contributed by atoms with Crippen molar-refractivity contribution in [3.05, 3.63) is 102 Å². The molecule has 0 bridgehead atoms. The van der Waals surface area contributed by atoms with Crippen molar-refractivity contribution < 1.29 is 13.2 Å². The minimum absolute atomic E-state index is 0.0684. The van der Waals surface area contributed by atoms with Crippen LogP contribution in [0.15, 0.2) is 91.0 Å². The molecule has 1 atom stereocenters. The highest BCUT2D eigenvalue weighted by Crippen LogP contribution is 2.37.